The molecule has 7 heteroatoms. The number of benzene rings is 1. The number of guanidine groups is 2. The maximum absolute atomic E-state index is 8.37. The topological polar surface area (TPSA) is 136 Å². The van der Waals surface area contributed by atoms with Gasteiger partial charge in [-0.15, -0.1) is 0 Å². The molecular formula is C10H12N6O. The molecule has 0 saturated heterocycles. The zero-order valence-electron chi connectivity index (χ0n) is 9.00. The third-order valence-corrected chi connectivity index (χ3v) is 1.61. The summed E-state index contributed by atoms with van der Waals surface area (Å²) in [5.74, 6) is 0.302. The number of aliphatic imine (C=N–C) groups is 2. The molecule has 0 atom stereocenters. The number of nitrogens with zero attached hydrogens (tertiary/aromatic N) is 3. The number of ether oxygens (including phenoxy) is 1. The quantitative estimate of drug-likeness (QED) is 0.490. The maximum atomic E-state index is 8.37. The zero-order chi connectivity index (χ0) is 12.7. The van der Waals surface area contributed by atoms with Crippen LogP contribution in [0.5, 0.6) is 5.75 Å². The van der Waals surface area contributed by atoms with Crippen LogP contribution >= 0.6 is 0 Å². The number of hydrogen-bond donors (Lipinski definition) is 3. The Morgan fingerprint density at radius 2 is 2.12 bits per heavy atom. The summed E-state index contributed by atoms with van der Waals surface area (Å²) in [5.41, 5.74) is 16.3. The molecule has 0 aromatic heterocycles. The van der Waals surface area contributed by atoms with Gasteiger partial charge >= 0.3 is 0 Å². The standard InChI is InChI=1S/C10H12N6O/c11-4-5-17-8-3-1-2-7(6-8)15-10(14)16-9(12)13/h1-3,6H,5H2,(H6,12,13,14,15,16). The van der Waals surface area contributed by atoms with Crippen LogP contribution in [0.15, 0.2) is 34.3 Å². The minimum absolute atomic E-state index is 0.0312. The van der Waals surface area contributed by atoms with Gasteiger partial charge in [-0.3, -0.25) is 0 Å². The molecule has 0 aliphatic carbocycles. The average molecular weight is 232 g/mol. The lowest BCUT2D eigenvalue weighted by molar-refractivity contribution is 0.368. The Kier molecular flexibility index (Phi) is 4.33. The Morgan fingerprint density at radius 3 is 2.76 bits per heavy atom. The van der Waals surface area contributed by atoms with Crippen molar-refractivity contribution < 1.29 is 4.74 Å². The van der Waals surface area contributed by atoms with E-state index in [1.54, 1.807) is 24.3 Å². The first-order valence-electron chi connectivity index (χ1n) is 4.65. The molecule has 0 amide bonds. The largest absolute Gasteiger partial charge is 0.479 e. The van der Waals surface area contributed by atoms with Crippen molar-refractivity contribution >= 4 is 17.6 Å². The maximum Gasteiger partial charge on any atom is 0.223 e. The Balaban J connectivity index is 2.85. The summed E-state index contributed by atoms with van der Waals surface area (Å²) < 4.78 is 5.10. The van der Waals surface area contributed by atoms with Crippen LogP contribution in [-0.4, -0.2) is 18.5 Å². The van der Waals surface area contributed by atoms with Crippen LogP contribution in [0, 0.1) is 11.3 Å². The highest BCUT2D eigenvalue weighted by Crippen LogP contribution is 2.19. The SMILES string of the molecule is N#CCOc1cccc(N=C(N)N=C(N)N)c1. The average Bonchev–Trinajstić information content (AvgIpc) is 2.25. The highest BCUT2D eigenvalue weighted by atomic mass is 16.5. The molecular weight excluding hydrogens is 220 g/mol. The first kappa shape index (κ1) is 12.3. The fourth-order valence-corrected chi connectivity index (χ4v) is 1.05. The molecule has 17 heavy (non-hydrogen) atoms. The fourth-order valence-electron chi connectivity index (χ4n) is 1.05. The molecule has 7 nitrogen and oxygen atoms in total. The molecule has 0 aliphatic rings. The highest BCUT2D eigenvalue weighted by Gasteiger charge is 1.96. The van der Waals surface area contributed by atoms with Gasteiger partial charge < -0.3 is 21.9 Å². The number of nitriles is 1. The van der Waals surface area contributed by atoms with E-state index in [1.165, 1.54) is 0 Å². The van der Waals surface area contributed by atoms with Crippen LogP contribution in [0.2, 0.25) is 0 Å². The zero-order valence-corrected chi connectivity index (χ0v) is 9.00. The van der Waals surface area contributed by atoms with Crippen LogP contribution in [0.4, 0.5) is 5.69 Å². The van der Waals surface area contributed by atoms with Crippen molar-refractivity contribution in [2.24, 2.45) is 27.2 Å². The molecule has 6 N–H and O–H groups in total. The summed E-state index contributed by atoms with van der Waals surface area (Å²) in [6.07, 6.45) is 0. The van der Waals surface area contributed by atoms with Crippen LogP contribution in [0.25, 0.3) is 0 Å². The van der Waals surface area contributed by atoms with Crippen molar-refractivity contribution in [3.05, 3.63) is 24.3 Å². The first-order chi connectivity index (χ1) is 8.11. The second-order valence-electron chi connectivity index (χ2n) is 2.95. The summed E-state index contributed by atoms with van der Waals surface area (Å²) in [6, 6.07) is 8.60. The smallest absolute Gasteiger partial charge is 0.223 e. The van der Waals surface area contributed by atoms with Gasteiger partial charge in [0.1, 0.15) is 11.8 Å². The number of nitrogens with two attached hydrogens (primary N) is 3. The second-order valence-corrected chi connectivity index (χ2v) is 2.95. The predicted octanol–water partition coefficient (Wildman–Crippen LogP) is -0.191. The summed E-state index contributed by atoms with van der Waals surface area (Å²) in [7, 11) is 0. The fraction of sp³-hybridized carbons (Fsp3) is 0.100. The molecule has 0 saturated carbocycles. The Hall–Kier alpha value is -2.75. The van der Waals surface area contributed by atoms with Gasteiger partial charge in [0.05, 0.1) is 5.69 Å². The number of hydrogen-bond acceptors (Lipinski definition) is 3. The third kappa shape index (κ3) is 4.53. The van der Waals surface area contributed by atoms with Crippen molar-refractivity contribution in [3.63, 3.8) is 0 Å². The van der Waals surface area contributed by atoms with Crippen molar-refractivity contribution in [1.82, 2.24) is 0 Å². The summed E-state index contributed by atoms with van der Waals surface area (Å²) >= 11 is 0. The van der Waals surface area contributed by atoms with Crippen LogP contribution < -0.4 is 21.9 Å². The monoisotopic (exact) mass is 232 g/mol. The lowest BCUT2D eigenvalue weighted by Crippen LogP contribution is -2.26. The van der Waals surface area contributed by atoms with E-state index < -0.39 is 0 Å². The van der Waals surface area contributed by atoms with Crippen molar-refractivity contribution in [2.45, 2.75) is 0 Å². The predicted molar refractivity (Wildman–Crippen MR) is 64.6 cm³/mol. The van der Waals surface area contributed by atoms with E-state index in [4.69, 9.17) is 27.2 Å². The van der Waals surface area contributed by atoms with Crippen molar-refractivity contribution in [1.29, 1.82) is 5.26 Å². The molecule has 0 fully saturated rings. The molecule has 0 aliphatic heterocycles. The van der Waals surface area contributed by atoms with Gasteiger partial charge in [-0.2, -0.15) is 10.3 Å². The van der Waals surface area contributed by atoms with Gasteiger partial charge in [0.25, 0.3) is 0 Å². The molecule has 1 aromatic carbocycles. The molecule has 0 bridgehead atoms. The molecule has 88 valence electrons. The van der Waals surface area contributed by atoms with Crippen molar-refractivity contribution in [3.8, 4) is 11.8 Å². The van der Waals surface area contributed by atoms with E-state index in [9.17, 15) is 0 Å². The van der Waals surface area contributed by atoms with E-state index in [0.29, 0.717) is 11.4 Å². The normalized spacial score (nSPS) is 10.4. The third-order valence-electron chi connectivity index (χ3n) is 1.61. The molecule has 0 spiro atoms. The Bertz CT molecular complexity index is 484. The van der Waals surface area contributed by atoms with E-state index in [1.807, 2.05) is 6.07 Å². The molecule has 0 unspecified atom stereocenters. The van der Waals surface area contributed by atoms with Gasteiger partial charge in [0.2, 0.25) is 5.96 Å². The minimum Gasteiger partial charge on any atom is -0.479 e. The number of rotatable bonds is 3. The van der Waals surface area contributed by atoms with Crippen molar-refractivity contribution in [2.75, 3.05) is 6.61 Å². The summed E-state index contributed by atoms with van der Waals surface area (Å²) in [5, 5.41) is 8.37. The minimum atomic E-state index is -0.164. The van der Waals surface area contributed by atoms with E-state index in [2.05, 4.69) is 9.98 Å². The van der Waals surface area contributed by atoms with Crippen LogP contribution in [-0.2, 0) is 0 Å². The second kappa shape index (κ2) is 5.97. The van der Waals surface area contributed by atoms with E-state index >= 15 is 0 Å². The first-order valence-corrected chi connectivity index (χ1v) is 4.65. The molecule has 0 radical (unpaired) electrons. The molecule has 1 rings (SSSR count). The van der Waals surface area contributed by atoms with Crippen LogP contribution in [0.1, 0.15) is 0 Å². The van der Waals surface area contributed by atoms with Gasteiger partial charge in [-0.05, 0) is 12.1 Å². The Morgan fingerprint density at radius 1 is 1.35 bits per heavy atom. The van der Waals surface area contributed by atoms with E-state index in [-0.39, 0.29) is 18.5 Å². The van der Waals surface area contributed by atoms with Gasteiger partial charge in [-0.1, -0.05) is 6.07 Å². The van der Waals surface area contributed by atoms with Gasteiger partial charge in [0.15, 0.2) is 12.6 Å². The lowest BCUT2D eigenvalue weighted by atomic mass is 10.3. The van der Waals surface area contributed by atoms with Gasteiger partial charge in [-0.25, -0.2) is 4.99 Å². The Labute approximate surface area is 98.2 Å². The molecule has 0 heterocycles. The van der Waals surface area contributed by atoms with E-state index in [0.717, 1.165) is 0 Å². The van der Waals surface area contributed by atoms with Gasteiger partial charge in [0, 0.05) is 6.07 Å². The lowest BCUT2D eigenvalue weighted by Gasteiger charge is -2.02. The summed E-state index contributed by atoms with van der Waals surface area (Å²) in [4.78, 5) is 7.52. The summed E-state index contributed by atoms with van der Waals surface area (Å²) in [6.45, 7) is -0.0312. The molecule has 1 aromatic rings. The van der Waals surface area contributed by atoms with Crippen LogP contribution in [0.3, 0.4) is 0 Å². The highest BCUT2D eigenvalue weighted by molar-refractivity contribution is 5.93.